The molecule has 0 amide bonds. The van der Waals surface area contributed by atoms with Crippen molar-refractivity contribution in [2.45, 2.75) is 76.1 Å². The minimum atomic E-state index is -0.349. The first-order valence-electron chi connectivity index (χ1n) is 12.8. The Labute approximate surface area is 215 Å². The average Bonchev–Trinajstić information content (AvgIpc) is 3.74. The molecule has 0 bridgehead atoms. The van der Waals surface area contributed by atoms with Crippen LogP contribution in [0.2, 0.25) is 0 Å². The van der Waals surface area contributed by atoms with E-state index in [4.69, 9.17) is 23.7 Å². The van der Waals surface area contributed by atoms with Gasteiger partial charge in [-0.1, -0.05) is 11.6 Å². The quantitative estimate of drug-likeness (QED) is 0.278. The third kappa shape index (κ3) is 5.72. The molecule has 200 valence electrons. The molecular weight excluding hydrogens is 460 g/mol. The monoisotopic (exact) mass is 502 g/mol. The number of benzene rings is 1. The lowest BCUT2D eigenvalue weighted by atomic mass is 9.68. The number of nitrogens with one attached hydrogen (secondary N) is 1. The highest BCUT2D eigenvalue weighted by Gasteiger charge is 2.72. The van der Waals surface area contributed by atoms with Gasteiger partial charge in [-0.05, 0) is 72.3 Å². The molecule has 0 radical (unpaired) electrons. The summed E-state index contributed by atoms with van der Waals surface area (Å²) in [6, 6.07) is 5.83. The summed E-state index contributed by atoms with van der Waals surface area (Å²) in [5, 5.41) is 3.20. The average molecular weight is 503 g/mol. The Morgan fingerprint density at radius 1 is 1.28 bits per heavy atom. The van der Waals surface area contributed by atoms with Crippen LogP contribution in [0.5, 0.6) is 5.75 Å². The van der Waals surface area contributed by atoms with Gasteiger partial charge >= 0.3 is 5.97 Å². The summed E-state index contributed by atoms with van der Waals surface area (Å²) in [6.07, 6.45) is 4.14. The van der Waals surface area contributed by atoms with Crippen LogP contribution in [0.15, 0.2) is 29.8 Å². The molecule has 1 spiro atoms. The van der Waals surface area contributed by atoms with Gasteiger partial charge in [0.1, 0.15) is 35.7 Å². The Bertz CT molecular complexity index is 971. The van der Waals surface area contributed by atoms with Crippen LogP contribution >= 0.6 is 0 Å². The van der Waals surface area contributed by atoms with Crippen molar-refractivity contribution >= 4 is 11.7 Å². The second kappa shape index (κ2) is 10.7. The lowest BCUT2D eigenvalue weighted by molar-refractivity contribution is -0.170. The molecular formula is C28H42N2O6. The second-order valence-electron chi connectivity index (χ2n) is 11.0. The van der Waals surface area contributed by atoms with E-state index >= 15 is 0 Å². The highest BCUT2D eigenvalue weighted by Crippen LogP contribution is 2.59. The largest absolute Gasteiger partial charge is 0.496 e. The SMILES string of the molecule is COc1ccc(NCC(=O)O[C@@H]2CC[C@]3(CO3)[C@@H]([C@@]3(C)OC3CC=C(C)C)[C@@H]2OC)cc1CN(C)C. The number of hydrogen-bond acceptors (Lipinski definition) is 8. The first-order valence-corrected chi connectivity index (χ1v) is 12.8. The van der Waals surface area contributed by atoms with Crippen LogP contribution in [0.4, 0.5) is 5.69 Å². The van der Waals surface area contributed by atoms with Gasteiger partial charge in [0.15, 0.2) is 0 Å². The van der Waals surface area contributed by atoms with Crippen LogP contribution in [0, 0.1) is 5.92 Å². The highest BCUT2D eigenvalue weighted by atomic mass is 16.6. The molecule has 2 saturated heterocycles. The van der Waals surface area contributed by atoms with Gasteiger partial charge in [0.05, 0.1) is 25.7 Å². The third-order valence-electron chi connectivity index (χ3n) is 7.72. The van der Waals surface area contributed by atoms with E-state index in [-0.39, 0.29) is 47.9 Å². The van der Waals surface area contributed by atoms with E-state index in [1.165, 1.54) is 5.57 Å². The molecule has 2 aliphatic heterocycles. The number of anilines is 1. The van der Waals surface area contributed by atoms with Crippen LogP contribution in [-0.2, 0) is 30.3 Å². The summed E-state index contributed by atoms with van der Waals surface area (Å²) in [7, 11) is 7.37. The second-order valence-corrected chi connectivity index (χ2v) is 11.0. The number of methoxy groups -OCH3 is 2. The molecule has 1 saturated carbocycles. The maximum atomic E-state index is 12.9. The molecule has 8 heteroatoms. The molecule has 8 nitrogen and oxygen atoms in total. The Hall–Kier alpha value is -2.13. The zero-order valence-corrected chi connectivity index (χ0v) is 22.8. The number of rotatable bonds is 11. The topological polar surface area (TPSA) is 85.1 Å². The Kier molecular flexibility index (Phi) is 8.00. The van der Waals surface area contributed by atoms with Gasteiger partial charge in [0, 0.05) is 24.9 Å². The van der Waals surface area contributed by atoms with Crippen LogP contribution < -0.4 is 10.1 Å². The van der Waals surface area contributed by atoms with E-state index in [0.29, 0.717) is 13.0 Å². The van der Waals surface area contributed by atoms with Crippen molar-refractivity contribution in [1.29, 1.82) is 0 Å². The van der Waals surface area contributed by atoms with Crippen molar-refractivity contribution in [3.8, 4) is 5.75 Å². The lowest BCUT2D eigenvalue weighted by Crippen LogP contribution is -2.55. The first-order chi connectivity index (χ1) is 17.1. The van der Waals surface area contributed by atoms with Crippen molar-refractivity contribution in [3.05, 3.63) is 35.4 Å². The molecule has 1 aliphatic carbocycles. The summed E-state index contributed by atoms with van der Waals surface area (Å²) < 4.78 is 29.7. The molecule has 36 heavy (non-hydrogen) atoms. The Morgan fingerprint density at radius 2 is 2.03 bits per heavy atom. The number of epoxide rings is 2. The summed E-state index contributed by atoms with van der Waals surface area (Å²) in [4.78, 5) is 15.0. The van der Waals surface area contributed by atoms with E-state index in [1.54, 1.807) is 14.2 Å². The van der Waals surface area contributed by atoms with Gasteiger partial charge in [-0.2, -0.15) is 0 Å². The predicted octanol–water partition coefficient (Wildman–Crippen LogP) is 3.79. The highest BCUT2D eigenvalue weighted by molar-refractivity contribution is 5.75. The summed E-state index contributed by atoms with van der Waals surface area (Å²) in [6.45, 7) is 7.87. The molecule has 6 atom stereocenters. The van der Waals surface area contributed by atoms with E-state index in [2.05, 4.69) is 37.1 Å². The molecule has 2 heterocycles. The van der Waals surface area contributed by atoms with Gasteiger partial charge in [0.25, 0.3) is 0 Å². The predicted molar refractivity (Wildman–Crippen MR) is 138 cm³/mol. The fraction of sp³-hybridized carbons (Fsp3) is 0.679. The smallest absolute Gasteiger partial charge is 0.325 e. The molecule has 1 aromatic rings. The van der Waals surface area contributed by atoms with Crippen LogP contribution in [0.25, 0.3) is 0 Å². The molecule has 1 aromatic carbocycles. The maximum absolute atomic E-state index is 12.9. The fourth-order valence-electron chi connectivity index (χ4n) is 5.81. The number of ether oxygens (including phenoxy) is 5. The molecule has 1 N–H and O–H groups in total. The number of carbonyl (C=O) groups excluding carboxylic acids is 1. The molecule has 4 rings (SSSR count). The van der Waals surface area contributed by atoms with E-state index < -0.39 is 0 Å². The van der Waals surface area contributed by atoms with Crippen LogP contribution in [0.3, 0.4) is 0 Å². The Morgan fingerprint density at radius 3 is 2.64 bits per heavy atom. The van der Waals surface area contributed by atoms with Gasteiger partial charge in [-0.25, -0.2) is 0 Å². The number of carbonyl (C=O) groups is 1. The Balaban J connectivity index is 1.39. The maximum Gasteiger partial charge on any atom is 0.325 e. The van der Waals surface area contributed by atoms with E-state index in [9.17, 15) is 4.79 Å². The van der Waals surface area contributed by atoms with Crippen molar-refractivity contribution in [2.75, 3.05) is 46.8 Å². The zero-order valence-electron chi connectivity index (χ0n) is 22.8. The number of hydrogen-bond donors (Lipinski definition) is 1. The molecule has 3 aliphatic rings. The summed E-state index contributed by atoms with van der Waals surface area (Å²) in [5.74, 6) is 0.532. The van der Waals surface area contributed by atoms with Crippen molar-refractivity contribution in [2.24, 2.45) is 5.92 Å². The summed E-state index contributed by atoms with van der Waals surface area (Å²) >= 11 is 0. The number of nitrogens with zero attached hydrogens (tertiary/aromatic N) is 1. The van der Waals surface area contributed by atoms with Crippen LogP contribution in [-0.4, -0.2) is 81.8 Å². The fourth-order valence-corrected chi connectivity index (χ4v) is 5.81. The third-order valence-corrected chi connectivity index (χ3v) is 7.72. The minimum Gasteiger partial charge on any atom is -0.496 e. The lowest BCUT2D eigenvalue weighted by Gasteiger charge is -2.42. The first kappa shape index (κ1) is 26.9. The van der Waals surface area contributed by atoms with Crippen molar-refractivity contribution in [3.63, 3.8) is 0 Å². The van der Waals surface area contributed by atoms with Gasteiger partial charge < -0.3 is 33.9 Å². The molecule has 1 unspecified atom stereocenters. The zero-order chi connectivity index (χ0) is 26.1. The van der Waals surface area contributed by atoms with Crippen LogP contribution in [0.1, 0.15) is 45.6 Å². The molecule has 3 fully saturated rings. The molecule has 0 aromatic heterocycles. The van der Waals surface area contributed by atoms with Gasteiger partial charge in [-0.3, -0.25) is 4.79 Å². The summed E-state index contributed by atoms with van der Waals surface area (Å²) in [5.41, 5.74) is 2.59. The van der Waals surface area contributed by atoms with Crippen molar-refractivity contribution < 1.29 is 28.5 Å². The standard InChI is InChI=1S/C28H42N2O6/c1-18(2)8-11-23-27(3,36-23)26-25(33-7)22(12-13-28(26)17-34-28)35-24(31)15-29-20-9-10-21(32-6)19(14-20)16-30(4)5/h8-10,14,22-23,25-26,29H,11-13,15-17H2,1-7H3/t22-,23?,25-,26-,27+,28+/m1/s1. The van der Waals surface area contributed by atoms with E-state index in [0.717, 1.165) is 36.4 Å². The number of esters is 1. The van der Waals surface area contributed by atoms with Gasteiger partial charge in [-0.15, -0.1) is 0 Å². The van der Waals surface area contributed by atoms with Gasteiger partial charge in [0.2, 0.25) is 0 Å². The minimum absolute atomic E-state index is 0.0141. The van der Waals surface area contributed by atoms with E-state index in [1.807, 2.05) is 32.3 Å². The normalized spacial score (nSPS) is 32.8. The number of allylic oxidation sites excluding steroid dienone is 1. The van der Waals surface area contributed by atoms with Crippen molar-refractivity contribution in [1.82, 2.24) is 4.90 Å².